The van der Waals surface area contributed by atoms with Crippen molar-refractivity contribution in [2.75, 3.05) is 30.3 Å². The van der Waals surface area contributed by atoms with Gasteiger partial charge in [0.1, 0.15) is 6.07 Å². The van der Waals surface area contributed by atoms with Gasteiger partial charge in [0, 0.05) is 24.0 Å². The summed E-state index contributed by atoms with van der Waals surface area (Å²) in [6.07, 6.45) is 2.50. The molecule has 1 aromatic carbocycles. The molecule has 1 aromatic rings. The van der Waals surface area contributed by atoms with E-state index in [9.17, 15) is 5.26 Å². The van der Waals surface area contributed by atoms with Crippen LogP contribution in [-0.2, 0) is 0 Å². The van der Waals surface area contributed by atoms with Gasteiger partial charge in [0.25, 0.3) is 0 Å². The highest BCUT2D eigenvalue weighted by Crippen LogP contribution is 2.30. The van der Waals surface area contributed by atoms with Gasteiger partial charge in [-0.2, -0.15) is 5.26 Å². The molecule has 1 aliphatic rings. The third kappa shape index (κ3) is 3.47. The molecule has 0 spiro atoms. The second kappa shape index (κ2) is 7.56. The lowest BCUT2D eigenvalue weighted by Gasteiger charge is -2.28. The summed E-state index contributed by atoms with van der Waals surface area (Å²) < 4.78 is 0. The van der Waals surface area contributed by atoms with E-state index in [-0.39, 0.29) is 0 Å². The highest BCUT2D eigenvalue weighted by molar-refractivity contribution is 7.99. The number of hydrogen-bond donors (Lipinski definition) is 1. The molecule has 1 saturated heterocycles. The smallest absolute Gasteiger partial charge is 0.103 e. The molecular weight excluding hydrogens is 266 g/mol. The van der Waals surface area contributed by atoms with Crippen LogP contribution in [0.3, 0.4) is 0 Å². The minimum absolute atomic E-state index is 0.559. The molecule has 0 radical (unpaired) electrons. The molecule has 0 amide bonds. The van der Waals surface area contributed by atoms with Crippen LogP contribution in [0.4, 0.5) is 5.69 Å². The number of nitrogens with one attached hydrogen (secondary N) is 1. The Labute approximate surface area is 126 Å². The van der Waals surface area contributed by atoms with Gasteiger partial charge in [-0.1, -0.05) is 13.0 Å². The molecule has 4 heteroatoms. The van der Waals surface area contributed by atoms with Crippen molar-refractivity contribution in [3.63, 3.8) is 0 Å². The summed E-state index contributed by atoms with van der Waals surface area (Å²) >= 11 is 1.75. The van der Waals surface area contributed by atoms with Crippen molar-refractivity contribution in [3.05, 3.63) is 23.8 Å². The largest absolute Gasteiger partial charge is 0.369 e. The molecule has 1 heterocycles. The van der Waals surface area contributed by atoms with Gasteiger partial charge < -0.3 is 10.2 Å². The van der Waals surface area contributed by atoms with Crippen molar-refractivity contribution in [2.45, 2.75) is 37.6 Å². The van der Waals surface area contributed by atoms with Crippen LogP contribution in [0.25, 0.3) is 0 Å². The normalized spacial score (nSPS) is 17.9. The van der Waals surface area contributed by atoms with Gasteiger partial charge in [-0.25, -0.2) is 0 Å². The van der Waals surface area contributed by atoms with Gasteiger partial charge in [0.15, 0.2) is 0 Å². The summed E-state index contributed by atoms with van der Waals surface area (Å²) in [6, 6.07) is 9.17. The van der Waals surface area contributed by atoms with E-state index in [0.29, 0.717) is 6.04 Å². The number of rotatable bonds is 6. The van der Waals surface area contributed by atoms with Gasteiger partial charge in [-0.15, -0.1) is 11.8 Å². The molecule has 0 aliphatic carbocycles. The Morgan fingerprint density at radius 2 is 2.30 bits per heavy atom. The first-order chi connectivity index (χ1) is 9.80. The van der Waals surface area contributed by atoms with Crippen LogP contribution in [0.15, 0.2) is 23.1 Å². The van der Waals surface area contributed by atoms with Crippen molar-refractivity contribution in [2.24, 2.45) is 0 Å². The van der Waals surface area contributed by atoms with Crippen LogP contribution in [0.2, 0.25) is 0 Å². The summed E-state index contributed by atoms with van der Waals surface area (Å²) in [6.45, 7) is 7.34. The lowest BCUT2D eigenvalue weighted by Crippen LogP contribution is -2.37. The topological polar surface area (TPSA) is 39.1 Å². The summed E-state index contributed by atoms with van der Waals surface area (Å²) in [5.74, 6) is 0.994. The van der Waals surface area contributed by atoms with Crippen molar-refractivity contribution < 1.29 is 0 Å². The van der Waals surface area contributed by atoms with Gasteiger partial charge in [0.2, 0.25) is 0 Å². The quantitative estimate of drug-likeness (QED) is 0.816. The minimum atomic E-state index is 0.559. The molecule has 20 heavy (non-hydrogen) atoms. The fraction of sp³-hybridized carbons (Fsp3) is 0.562. The van der Waals surface area contributed by atoms with Gasteiger partial charge in [-0.3, -0.25) is 0 Å². The maximum Gasteiger partial charge on any atom is 0.103 e. The highest BCUT2D eigenvalue weighted by Gasteiger charge is 2.20. The first-order valence-electron chi connectivity index (χ1n) is 7.44. The van der Waals surface area contributed by atoms with Crippen LogP contribution in [0.1, 0.15) is 32.3 Å². The molecule has 0 bridgehead atoms. The average Bonchev–Trinajstić information content (AvgIpc) is 2.98. The minimum Gasteiger partial charge on any atom is -0.369 e. The van der Waals surface area contributed by atoms with Crippen LogP contribution in [0, 0.1) is 11.3 Å². The van der Waals surface area contributed by atoms with Gasteiger partial charge >= 0.3 is 0 Å². The van der Waals surface area contributed by atoms with Crippen LogP contribution >= 0.6 is 11.8 Å². The standard InChI is InChI=1S/C16H23N3S/c1-3-19(12-13-7-6-10-18-13)15-8-5-9-16(20-4-2)14(15)11-17/h5,8-9,13,18H,3-4,6-7,10,12H2,1-2H3. The van der Waals surface area contributed by atoms with Crippen LogP contribution < -0.4 is 10.2 Å². The summed E-state index contributed by atoms with van der Waals surface area (Å²) in [5.41, 5.74) is 1.92. The molecule has 1 fully saturated rings. The fourth-order valence-corrected chi connectivity index (χ4v) is 3.53. The first kappa shape index (κ1) is 15.2. The number of hydrogen-bond acceptors (Lipinski definition) is 4. The molecule has 2 rings (SSSR count). The number of anilines is 1. The van der Waals surface area contributed by atoms with E-state index >= 15 is 0 Å². The van der Waals surface area contributed by atoms with Crippen molar-refractivity contribution in [1.82, 2.24) is 5.32 Å². The Hall–Kier alpha value is -1.18. The predicted octanol–water partition coefficient (Wildman–Crippen LogP) is 3.25. The SMILES string of the molecule is CCSc1cccc(N(CC)CC2CCCN2)c1C#N. The number of likely N-dealkylation sites (N-methyl/N-ethyl adjacent to an activating group) is 1. The van der Waals surface area contributed by atoms with Crippen molar-refractivity contribution >= 4 is 17.4 Å². The molecule has 1 N–H and O–H groups in total. The van der Waals surface area contributed by atoms with Crippen molar-refractivity contribution in [1.29, 1.82) is 5.26 Å². The van der Waals surface area contributed by atoms with Gasteiger partial charge in [-0.05, 0) is 44.2 Å². The van der Waals surface area contributed by atoms with Crippen LogP contribution in [0.5, 0.6) is 0 Å². The first-order valence-corrected chi connectivity index (χ1v) is 8.43. The Morgan fingerprint density at radius 3 is 2.90 bits per heavy atom. The van der Waals surface area contributed by atoms with E-state index in [2.05, 4.69) is 48.3 Å². The molecule has 1 atom stereocenters. The Kier molecular flexibility index (Phi) is 5.75. The van der Waals surface area contributed by atoms with E-state index in [1.54, 1.807) is 11.8 Å². The van der Waals surface area contributed by atoms with Gasteiger partial charge in [0.05, 0.1) is 11.3 Å². The molecule has 0 aromatic heterocycles. The summed E-state index contributed by atoms with van der Waals surface area (Å²) in [7, 11) is 0. The third-order valence-electron chi connectivity index (χ3n) is 3.74. The zero-order chi connectivity index (χ0) is 14.4. The Bertz CT molecular complexity index is 475. The lowest BCUT2D eigenvalue weighted by molar-refractivity contribution is 0.586. The van der Waals surface area contributed by atoms with Crippen LogP contribution in [-0.4, -0.2) is 31.4 Å². The second-order valence-corrected chi connectivity index (χ2v) is 6.33. The van der Waals surface area contributed by atoms with E-state index < -0.39 is 0 Å². The van der Waals surface area contributed by atoms with E-state index in [4.69, 9.17) is 0 Å². The average molecular weight is 289 g/mol. The Morgan fingerprint density at radius 1 is 1.45 bits per heavy atom. The zero-order valence-corrected chi connectivity index (χ0v) is 13.2. The van der Waals surface area contributed by atoms with E-state index in [1.165, 1.54) is 12.8 Å². The van der Waals surface area contributed by atoms with Crippen molar-refractivity contribution in [3.8, 4) is 6.07 Å². The number of benzene rings is 1. The van der Waals surface area contributed by atoms with E-state index in [1.807, 2.05) is 0 Å². The predicted molar refractivity (Wildman–Crippen MR) is 86.5 cm³/mol. The molecule has 3 nitrogen and oxygen atoms in total. The number of nitriles is 1. The Balaban J connectivity index is 2.24. The second-order valence-electron chi connectivity index (χ2n) is 5.03. The summed E-state index contributed by atoms with van der Waals surface area (Å²) in [5, 5.41) is 13.1. The maximum absolute atomic E-state index is 9.53. The zero-order valence-electron chi connectivity index (χ0n) is 12.4. The highest BCUT2D eigenvalue weighted by atomic mass is 32.2. The fourth-order valence-electron chi connectivity index (χ4n) is 2.75. The summed E-state index contributed by atoms with van der Waals surface area (Å²) in [4.78, 5) is 3.44. The molecule has 1 unspecified atom stereocenters. The maximum atomic E-state index is 9.53. The molecular formula is C16H23N3S. The monoisotopic (exact) mass is 289 g/mol. The lowest BCUT2D eigenvalue weighted by atomic mass is 10.1. The number of thioether (sulfide) groups is 1. The molecule has 108 valence electrons. The number of nitrogens with zero attached hydrogens (tertiary/aromatic N) is 2. The third-order valence-corrected chi connectivity index (χ3v) is 4.68. The molecule has 0 saturated carbocycles. The molecule has 1 aliphatic heterocycles. The van der Waals surface area contributed by atoms with E-state index in [0.717, 1.165) is 41.5 Å².